The van der Waals surface area contributed by atoms with E-state index in [9.17, 15) is 4.79 Å². The van der Waals surface area contributed by atoms with Crippen LogP contribution in [0.25, 0.3) is 10.9 Å². The van der Waals surface area contributed by atoms with Crippen molar-refractivity contribution in [3.8, 4) is 0 Å². The number of nitrogens with one attached hydrogen (secondary N) is 1. The van der Waals surface area contributed by atoms with Crippen LogP contribution in [-0.4, -0.2) is 43.8 Å². The van der Waals surface area contributed by atoms with Crippen molar-refractivity contribution in [1.82, 2.24) is 30.1 Å². The number of H-pyrrole nitrogens is 1. The molecule has 34 heavy (non-hydrogen) atoms. The summed E-state index contributed by atoms with van der Waals surface area (Å²) in [6.45, 7) is 8.30. The zero-order chi connectivity index (χ0) is 24.1. The normalized spacial score (nSPS) is 12.6. The Morgan fingerprint density at radius 1 is 1.21 bits per heavy atom. The van der Waals surface area contributed by atoms with E-state index in [1.165, 1.54) is 5.56 Å². The van der Waals surface area contributed by atoms with Crippen LogP contribution in [0.5, 0.6) is 0 Å². The van der Waals surface area contributed by atoms with E-state index in [0.717, 1.165) is 40.9 Å². The summed E-state index contributed by atoms with van der Waals surface area (Å²) < 4.78 is 12.7. The summed E-state index contributed by atoms with van der Waals surface area (Å²) in [7, 11) is 1.66. The number of hydrogen-bond acceptors (Lipinski definition) is 7. The fraction of sp³-hybridized carbons (Fsp3) is 0.440. The van der Waals surface area contributed by atoms with E-state index in [2.05, 4.69) is 52.2 Å². The number of furan rings is 1. The second-order valence-corrected chi connectivity index (χ2v) is 8.69. The SMILES string of the molecule is CCC[C@@H](c1nnnn1CCOC)N(Cc1ccco1)Cc1cc2cc(C)c(C)cc2[nH]c1=O. The van der Waals surface area contributed by atoms with Crippen molar-refractivity contribution >= 4 is 10.9 Å². The van der Waals surface area contributed by atoms with E-state index < -0.39 is 0 Å². The van der Waals surface area contributed by atoms with E-state index in [-0.39, 0.29) is 11.6 Å². The molecule has 0 aliphatic heterocycles. The first-order valence-electron chi connectivity index (χ1n) is 11.6. The summed E-state index contributed by atoms with van der Waals surface area (Å²) in [5, 5.41) is 13.5. The topological polar surface area (TPSA) is 102 Å². The lowest BCUT2D eigenvalue weighted by atomic mass is 10.0. The minimum Gasteiger partial charge on any atom is -0.468 e. The summed E-state index contributed by atoms with van der Waals surface area (Å²) in [6, 6.07) is 9.86. The third-order valence-corrected chi connectivity index (χ3v) is 6.22. The lowest BCUT2D eigenvalue weighted by molar-refractivity contribution is 0.138. The average Bonchev–Trinajstić information content (AvgIpc) is 3.49. The van der Waals surface area contributed by atoms with Crippen LogP contribution in [0.1, 0.15) is 54.1 Å². The lowest BCUT2D eigenvalue weighted by Crippen LogP contribution is -2.32. The second kappa shape index (κ2) is 10.8. The van der Waals surface area contributed by atoms with Crippen LogP contribution in [0.4, 0.5) is 0 Å². The standard InChI is InChI=1S/C25H32N6O3/c1-5-7-23(24-27-28-29-31(24)9-11-33-4)30(16-21-8-6-10-34-21)15-20-14-19-12-17(2)18(3)13-22(19)26-25(20)32/h6,8,10,12-14,23H,5,7,9,11,15-16H2,1-4H3,(H,26,32)/t23-/m0/s1. The number of ether oxygens (including phenoxy) is 1. The highest BCUT2D eigenvalue weighted by Crippen LogP contribution is 2.28. The van der Waals surface area contributed by atoms with Crippen LogP contribution in [0.15, 0.2) is 45.8 Å². The molecule has 9 nitrogen and oxygen atoms in total. The van der Waals surface area contributed by atoms with Gasteiger partial charge in [-0.2, -0.15) is 0 Å². The molecule has 4 rings (SSSR count). The number of benzene rings is 1. The molecule has 9 heteroatoms. The number of rotatable bonds is 11. The molecular formula is C25H32N6O3. The second-order valence-electron chi connectivity index (χ2n) is 8.69. The summed E-state index contributed by atoms with van der Waals surface area (Å²) in [6.07, 6.45) is 3.43. The first-order chi connectivity index (χ1) is 16.5. The number of hydrogen-bond donors (Lipinski definition) is 1. The maximum atomic E-state index is 13.1. The molecule has 4 aromatic rings. The maximum absolute atomic E-state index is 13.1. The molecule has 1 aromatic carbocycles. The Morgan fingerprint density at radius 2 is 2.03 bits per heavy atom. The molecule has 3 heterocycles. The summed E-state index contributed by atoms with van der Waals surface area (Å²) in [4.78, 5) is 18.4. The van der Waals surface area contributed by atoms with Gasteiger partial charge in [0.2, 0.25) is 0 Å². The third-order valence-electron chi connectivity index (χ3n) is 6.22. The van der Waals surface area contributed by atoms with Gasteiger partial charge in [0.05, 0.1) is 32.0 Å². The van der Waals surface area contributed by atoms with Gasteiger partial charge < -0.3 is 14.1 Å². The first-order valence-corrected chi connectivity index (χ1v) is 11.6. The van der Waals surface area contributed by atoms with Gasteiger partial charge >= 0.3 is 0 Å². The van der Waals surface area contributed by atoms with Crippen molar-refractivity contribution in [2.75, 3.05) is 13.7 Å². The van der Waals surface area contributed by atoms with E-state index in [1.807, 2.05) is 24.3 Å². The minimum atomic E-state index is -0.100. The molecule has 0 fully saturated rings. The van der Waals surface area contributed by atoms with Crippen molar-refractivity contribution < 1.29 is 9.15 Å². The van der Waals surface area contributed by atoms with Crippen LogP contribution in [-0.2, 0) is 24.4 Å². The van der Waals surface area contributed by atoms with E-state index >= 15 is 0 Å². The number of fused-ring (bicyclic) bond motifs is 1. The molecule has 0 unspecified atom stereocenters. The Bertz CT molecular complexity index is 1280. The number of aryl methyl sites for hydroxylation is 2. The molecule has 0 bridgehead atoms. The smallest absolute Gasteiger partial charge is 0.252 e. The highest BCUT2D eigenvalue weighted by atomic mass is 16.5. The average molecular weight is 465 g/mol. The number of pyridine rings is 1. The van der Waals surface area contributed by atoms with Crippen LogP contribution < -0.4 is 5.56 Å². The number of aromatic amines is 1. The Hall–Kier alpha value is -3.30. The van der Waals surface area contributed by atoms with Gasteiger partial charge in [-0.1, -0.05) is 13.3 Å². The highest BCUT2D eigenvalue weighted by Gasteiger charge is 2.27. The molecule has 3 aromatic heterocycles. The highest BCUT2D eigenvalue weighted by molar-refractivity contribution is 5.80. The summed E-state index contributed by atoms with van der Waals surface area (Å²) in [5.41, 5.74) is 3.80. The Labute approximate surface area is 198 Å². The molecular weight excluding hydrogens is 432 g/mol. The number of nitrogens with zero attached hydrogens (tertiary/aromatic N) is 5. The van der Waals surface area contributed by atoms with Gasteiger partial charge in [-0.25, -0.2) is 4.68 Å². The molecule has 0 aliphatic carbocycles. The zero-order valence-electron chi connectivity index (χ0n) is 20.2. The molecule has 180 valence electrons. The Balaban J connectivity index is 1.73. The van der Waals surface area contributed by atoms with Crippen molar-refractivity contribution in [2.24, 2.45) is 0 Å². The molecule has 1 N–H and O–H groups in total. The predicted molar refractivity (Wildman–Crippen MR) is 129 cm³/mol. The lowest BCUT2D eigenvalue weighted by Gasteiger charge is -2.30. The van der Waals surface area contributed by atoms with Gasteiger partial charge in [0.1, 0.15) is 5.76 Å². The quantitative estimate of drug-likeness (QED) is 0.359. The van der Waals surface area contributed by atoms with Crippen molar-refractivity contribution in [3.63, 3.8) is 0 Å². The summed E-state index contributed by atoms with van der Waals surface area (Å²) in [5.74, 6) is 1.58. The minimum absolute atomic E-state index is 0.0885. The Kier molecular flexibility index (Phi) is 7.54. The van der Waals surface area contributed by atoms with Crippen molar-refractivity contribution in [2.45, 2.75) is 59.3 Å². The number of tetrazole rings is 1. The van der Waals surface area contributed by atoms with E-state index in [4.69, 9.17) is 9.15 Å². The third kappa shape index (κ3) is 5.26. The van der Waals surface area contributed by atoms with Gasteiger partial charge in [0.15, 0.2) is 5.82 Å². The van der Waals surface area contributed by atoms with E-state index in [1.54, 1.807) is 18.1 Å². The maximum Gasteiger partial charge on any atom is 0.252 e. The number of methoxy groups -OCH3 is 1. The zero-order valence-corrected chi connectivity index (χ0v) is 20.2. The van der Waals surface area contributed by atoms with Crippen LogP contribution in [0.3, 0.4) is 0 Å². The number of aromatic nitrogens is 5. The molecule has 0 aliphatic rings. The van der Waals surface area contributed by atoms with Gasteiger partial charge in [-0.05, 0) is 77.5 Å². The fourth-order valence-corrected chi connectivity index (χ4v) is 4.27. The van der Waals surface area contributed by atoms with Crippen LogP contribution >= 0.6 is 0 Å². The fourth-order valence-electron chi connectivity index (χ4n) is 4.27. The largest absolute Gasteiger partial charge is 0.468 e. The molecule has 0 radical (unpaired) electrons. The van der Waals surface area contributed by atoms with Gasteiger partial charge in [-0.3, -0.25) is 9.69 Å². The molecule has 0 spiro atoms. The first kappa shape index (κ1) is 23.8. The molecule has 0 saturated carbocycles. The summed E-state index contributed by atoms with van der Waals surface area (Å²) >= 11 is 0. The Morgan fingerprint density at radius 3 is 2.76 bits per heavy atom. The predicted octanol–water partition coefficient (Wildman–Crippen LogP) is 3.91. The van der Waals surface area contributed by atoms with E-state index in [0.29, 0.717) is 31.8 Å². The van der Waals surface area contributed by atoms with Crippen molar-refractivity contribution in [1.29, 1.82) is 0 Å². The van der Waals surface area contributed by atoms with Gasteiger partial charge in [0.25, 0.3) is 5.56 Å². The molecule has 1 atom stereocenters. The van der Waals surface area contributed by atoms with Crippen LogP contribution in [0, 0.1) is 13.8 Å². The monoisotopic (exact) mass is 464 g/mol. The van der Waals surface area contributed by atoms with Crippen LogP contribution in [0.2, 0.25) is 0 Å². The molecule has 0 saturated heterocycles. The molecule has 0 amide bonds. The van der Waals surface area contributed by atoms with Gasteiger partial charge in [-0.15, -0.1) is 5.10 Å². The van der Waals surface area contributed by atoms with Crippen molar-refractivity contribution in [3.05, 3.63) is 75.2 Å². The van der Waals surface area contributed by atoms with Gasteiger partial charge in [0, 0.05) is 24.7 Å².